The molecular formula is C11H13FN2O7. The van der Waals surface area contributed by atoms with E-state index in [0.717, 1.165) is 16.8 Å². The quantitative estimate of drug-likeness (QED) is 0.694. The first-order valence-corrected chi connectivity index (χ1v) is 6.11. The molecule has 0 amide bonds. The van der Waals surface area contributed by atoms with Crippen LogP contribution in [0.15, 0.2) is 21.9 Å². The average Bonchev–Trinajstić information content (AvgIpc) is 2.99. The third-order valence-electron chi connectivity index (χ3n) is 3.38. The zero-order valence-electron chi connectivity index (χ0n) is 10.9. The van der Waals surface area contributed by atoms with Gasteiger partial charge in [-0.2, -0.15) is 0 Å². The maximum atomic E-state index is 14.5. The number of hydrogen-bond donors (Lipinski definition) is 2. The Morgan fingerprint density at radius 3 is 2.90 bits per heavy atom. The van der Waals surface area contributed by atoms with Crippen LogP contribution >= 0.6 is 0 Å². The van der Waals surface area contributed by atoms with Crippen molar-refractivity contribution in [1.82, 2.24) is 9.55 Å². The van der Waals surface area contributed by atoms with E-state index in [9.17, 15) is 19.1 Å². The summed E-state index contributed by atoms with van der Waals surface area (Å²) in [4.78, 5) is 24.9. The Bertz CT molecular complexity index is 646. The summed E-state index contributed by atoms with van der Waals surface area (Å²) in [5.41, 5.74) is -1.39. The van der Waals surface area contributed by atoms with Crippen molar-refractivity contribution >= 4 is 0 Å². The fourth-order valence-electron chi connectivity index (χ4n) is 2.41. The number of aliphatic hydroxyl groups is 1. The minimum atomic E-state index is -2.54. The summed E-state index contributed by atoms with van der Waals surface area (Å²) in [6.45, 7) is -2.12. The summed E-state index contributed by atoms with van der Waals surface area (Å²) in [6.07, 6.45) is -2.35. The van der Waals surface area contributed by atoms with Gasteiger partial charge in [-0.05, 0) is 0 Å². The van der Waals surface area contributed by atoms with Crippen LogP contribution in [0.1, 0.15) is 6.23 Å². The highest BCUT2D eigenvalue weighted by atomic mass is 19.2. The Labute approximate surface area is 116 Å². The second-order valence-electron chi connectivity index (χ2n) is 4.65. The highest BCUT2D eigenvalue weighted by Crippen LogP contribution is 2.45. The van der Waals surface area contributed by atoms with E-state index in [1.165, 1.54) is 7.11 Å². The van der Waals surface area contributed by atoms with E-state index in [1.807, 2.05) is 4.98 Å². The van der Waals surface area contributed by atoms with E-state index < -0.39 is 48.6 Å². The van der Waals surface area contributed by atoms with Crippen LogP contribution in [0.3, 0.4) is 0 Å². The first kappa shape index (κ1) is 14.4. The molecule has 2 aliphatic rings. The molecule has 5 atom stereocenters. The highest BCUT2D eigenvalue weighted by Gasteiger charge is 2.63. The number of methoxy groups -OCH3 is 1. The molecule has 0 bridgehead atoms. The van der Waals surface area contributed by atoms with Gasteiger partial charge < -0.3 is 24.1 Å². The second kappa shape index (κ2) is 5.00. The molecule has 1 aromatic rings. The lowest BCUT2D eigenvalue weighted by molar-refractivity contribution is -0.294. The minimum absolute atomic E-state index is 0.599. The van der Waals surface area contributed by atoms with Crippen LogP contribution in [0.4, 0.5) is 4.39 Å². The van der Waals surface area contributed by atoms with E-state index in [2.05, 4.69) is 0 Å². The standard InChI is InChI=1S/C11H13FN2O7/c1-18-10-19-6-7(20-10)11(12,4-15)21-8(6)14-3-2-5(16)13-9(14)17/h2-3,6-8,10,15H,4H2,1H3,(H,13,16,17)/t6-,7+,8-,10?,11-/m1/s1. The SMILES string of the molecule is COC1O[C@H]2[C@H](n3ccc(=O)[nH]c3=O)O[C@](F)(CO)[C@H]2O1. The third-order valence-corrected chi connectivity index (χ3v) is 3.38. The number of nitrogens with one attached hydrogen (secondary N) is 1. The molecule has 2 fully saturated rings. The van der Waals surface area contributed by atoms with Crippen LogP contribution in [0.5, 0.6) is 0 Å². The molecule has 1 aromatic heterocycles. The van der Waals surface area contributed by atoms with Crippen molar-refractivity contribution < 1.29 is 28.4 Å². The molecule has 0 aliphatic carbocycles. The fraction of sp³-hybridized carbons (Fsp3) is 0.636. The van der Waals surface area contributed by atoms with E-state index in [0.29, 0.717) is 0 Å². The molecule has 0 aromatic carbocycles. The van der Waals surface area contributed by atoms with Gasteiger partial charge in [-0.15, -0.1) is 0 Å². The predicted octanol–water partition coefficient (Wildman–Crippen LogP) is -1.56. The van der Waals surface area contributed by atoms with Crippen LogP contribution in [0.25, 0.3) is 0 Å². The van der Waals surface area contributed by atoms with Crippen molar-refractivity contribution in [2.24, 2.45) is 0 Å². The molecule has 21 heavy (non-hydrogen) atoms. The van der Waals surface area contributed by atoms with Crippen LogP contribution < -0.4 is 11.2 Å². The van der Waals surface area contributed by atoms with E-state index in [1.54, 1.807) is 0 Å². The van der Waals surface area contributed by atoms with Gasteiger partial charge in [-0.1, -0.05) is 0 Å². The number of H-pyrrole nitrogens is 1. The van der Waals surface area contributed by atoms with Gasteiger partial charge in [-0.3, -0.25) is 14.3 Å². The van der Waals surface area contributed by atoms with Gasteiger partial charge in [0.2, 0.25) is 0 Å². The summed E-state index contributed by atoms with van der Waals surface area (Å²) in [7, 11) is 1.30. The van der Waals surface area contributed by atoms with E-state index >= 15 is 0 Å². The molecule has 2 N–H and O–H groups in total. The molecule has 10 heteroatoms. The van der Waals surface area contributed by atoms with Gasteiger partial charge in [0.25, 0.3) is 17.9 Å². The van der Waals surface area contributed by atoms with Gasteiger partial charge in [0, 0.05) is 19.4 Å². The maximum absolute atomic E-state index is 14.5. The first-order chi connectivity index (χ1) is 9.98. The Balaban J connectivity index is 1.99. The lowest BCUT2D eigenvalue weighted by atomic mass is 10.1. The fourth-order valence-corrected chi connectivity index (χ4v) is 2.41. The number of halogens is 1. The molecule has 0 saturated carbocycles. The Hall–Kier alpha value is -1.59. The van der Waals surface area contributed by atoms with Crippen LogP contribution in [-0.4, -0.2) is 52.9 Å². The van der Waals surface area contributed by atoms with Crippen molar-refractivity contribution in [3.63, 3.8) is 0 Å². The molecule has 1 unspecified atom stereocenters. The van der Waals surface area contributed by atoms with Gasteiger partial charge in [-0.25, -0.2) is 9.18 Å². The maximum Gasteiger partial charge on any atom is 0.330 e. The number of aromatic nitrogens is 2. The lowest BCUT2D eigenvalue weighted by Crippen LogP contribution is -2.41. The number of nitrogens with zero attached hydrogens (tertiary/aromatic N) is 1. The number of ether oxygens (including phenoxy) is 4. The van der Waals surface area contributed by atoms with Crippen LogP contribution in [-0.2, 0) is 18.9 Å². The summed E-state index contributed by atoms with van der Waals surface area (Å²) in [5.74, 6) is -2.54. The predicted molar refractivity (Wildman–Crippen MR) is 62.9 cm³/mol. The van der Waals surface area contributed by atoms with Crippen molar-refractivity contribution in [3.8, 4) is 0 Å². The monoisotopic (exact) mass is 304 g/mol. The highest BCUT2D eigenvalue weighted by molar-refractivity contribution is 5.00. The molecule has 3 rings (SSSR count). The number of aromatic amines is 1. The Morgan fingerprint density at radius 1 is 1.52 bits per heavy atom. The summed E-state index contributed by atoms with van der Waals surface area (Å²) in [6, 6.07) is 1.08. The molecule has 2 aliphatic heterocycles. The summed E-state index contributed by atoms with van der Waals surface area (Å²) in [5, 5.41) is 9.19. The van der Waals surface area contributed by atoms with Crippen LogP contribution in [0, 0.1) is 0 Å². The normalized spacial score (nSPS) is 38.6. The summed E-state index contributed by atoms with van der Waals surface area (Å²) >= 11 is 0. The molecular weight excluding hydrogens is 291 g/mol. The van der Waals surface area contributed by atoms with Gasteiger partial charge in [0.15, 0.2) is 12.3 Å². The summed E-state index contributed by atoms with van der Waals surface area (Å²) < 4.78 is 35.9. The molecule has 0 radical (unpaired) electrons. The van der Waals surface area contributed by atoms with Crippen molar-refractivity contribution in [3.05, 3.63) is 33.1 Å². The third kappa shape index (κ3) is 2.21. The zero-order chi connectivity index (χ0) is 15.2. The van der Waals surface area contributed by atoms with Crippen molar-refractivity contribution in [2.45, 2.75) is 30.8 Å². The number of aliphatic hydroxyl groups excluding tert-OH is 1. The smallest absolute Gasteiger partial charge is 0.330 e. The van der Waals surface area contributed by atoms with Crippen LogP contribution in [0.2, 0.25) is 0 Å². The van der Waals surface area contributed by atoms with Gasteiger partial charge >= 0.3 is 5.69 Å². The van der Waals surface area contributed by atoms with Gasteiger partial charge in [0.1, 0.15) is 12.7 Å². The molecule has 0 spiro atoms. The minimum Gasteiger partial charge on any atom is -0.390 e. The number of rotatable bonds is 3. The van der Waals surface area contributed by atoms with Gasteiger partial charge in [0.05, 0.1) is 0 Å². The topological polar surface area (TPSA) is 112 Å². The largest absolute Gasteiger partial charge is 0.390 e. The van der Waals surface area contributed by atoms with Crippen molar-refractivity contribution in [2.75, 3.05) is 13.7 Å². The zero-order valence-corrected chi connectivity index (χ0v) is 10.9. The van der Waals surface area contributed by atoms with Crippen molar-refractivity contribution in [1.29, 1.82) is 0 Å². The first-order valence-electron chi connectivity index (χ1n) is 6.11. The molecule has 9 nitrogen and oxygen atoms in total. The molecule has 116 valence electrons. The molecule has 2 saturated heterocycles. The number of fused-ring (bicyclic) bond motifs is 1. The Kier molecular flexibility index (Phi) is 3.42. The lowest BCUT2D eigenvalue weighted by Gasteiger charge is -2.23. The average molecular weight is 304 g/mol. The second-order valence-corrected chi connectivity index (χ2v) is 4.65. The molecule has 3 heterocycles. The number of hydrogen-bond acceptors (Lipinski definition) is 7. The van der Waals surface area contributed by atoms with E-state index in [-0.39, 0.29) is 0 Å². The number of alkyl halides is 1. The van der Waals surface area contributed by atoms with E-state index in [4.69, 9.17) is 18.9 Å². The Morgan fingerprint density at radius 2 is 2.29 bits per heavy atom.